The van der Waals surface area contributed by atoms with Crippen molar-refractivity contribution >= 4 is 17.7 Å². The van der Waals surface area contributed by atoms with Crippen LogP contribution < -0.4 is 10.1 Å². The van der Waals surface area contributed by atoms with Gasteiger partial charge < -0.3 is 20.1 Å². The number of hydrogen-bond acceptors (Lipinski definition) is 3. The fraction of sp³-hybridized carbons (Fsp3) is 0.385. The Morgan fingerprint density at radius 1 is 1.37 bits per heavy atom. The van der Waals surface area contributed by atoms with E-state index in [1.54, 1.807) is 7.05 Å². The number of amides is 2. The number of carbonyl (C=O) groups is 2. The molecule has 0 aliphatic heterocycles. The number of urea groups is 1. The maximum Gasteiger partial charge on any atom is 0.339 e. The summed E-state index contributed by atoms with van der Waals surface area (Å²) in [6.07, 6.45) is 0. The summed E-state index contributed by atoms with van der Waals surface area (Å²) in [4.78, 5) is 24.3. The Morgan fingerprint density at radius 2 is 2.00 bits per heavy atom. The fourth-order valence-corrected chi connectivity index (χ4v) is 1.39. The third-order valence-corrected chi connectivity index (χ3v) is 2.78. The second-order valence-corrected chi connectivity index (χ2v) is 4.36. The normalized spacial score (nSPS) is 10.2. The summed E-state index contributed by atoms with van der Waals surface area (Å²) < 4.78 is 4.99. The van der Waals surface area contributed by atoms with Crippen LogP contribution in [-0.2, 0) is 0 Å². The molecule has 1 aromatic carbocycles. The molecule has 0 fully saturated rings. The molecule has 0 spiro atoms. The number of methoxy groups -OCH3 is 1. The minimum Gasteiger partial charge on any atom is -0.496 e. The molecule has 1 rings (SSSR count). The van der Waals surface area contributed by atoms with Crippen LogP contribution in [0.25, 0.3) is 0 Å². The molecule has 6 heteroatoms. The van der Waals surface area contributed by atoms with E-state index in [1.807, 2.05) is 13.8 Å². The second-order valence-electron chi connectivity index (χ2n) is 4.36. The number of nitrogens with one attached hydrogen (secondary N) is 1. The van der Waals surface area contributed by atoms with Crippen molar-refractivity contribution in [2.75, 3.05) is 19.5 Å². The van der Waals surface area contributed by atoms with Crippen molar-refractivity contribution in [3.05, 3.63) is 23.8 Å². The van der Waals surface area contributed by atoms with Gasteiger partial charge in [0, 0.05) is 24.8 Å². The highest BCUT2D eigenvalue weighted by Gasteiger charge is 2.15. The summed E-state index contributed by atoms with van der Waals surface area (Å²) in [5.41, 5.74) is 0.539. The van der Waals surface area contributed by atoms with Crippen LogP contribution in [0.2, 0.25) is 0 Å². The number of nitrogens with zero attached hydrogens (tertiary/aromatic N) is 1. The van der Waals surface area contributed by atoms with Crippen LogP contribution in [-0.4, -0.2) is 42.2 Å². The molecule has 0 aliphatic rings. The Kier molecular flexibility index (Phi) is 4.74. The summed E-state index contributed by atoms with van der Waals surface area (Å²) in [5, 5.41) is 11.6. The van der Waals surface area contributed by atoms with Gasteiger partial charge in [-0.1, -0.05) is 0 Å². The largest absolute Gasteiger partial charge is 0.496 e. The van der Waals surface area contributed by atoms with Gasteiger partial charge in [0.25, 0.3) is 0 Å². The minimum absolute atomic E-state index is 0.0534. The Labute approximate surface area is 112 Å². The smallest absolute Gasteiger partial charge is 0.339 e. The van der Waals surface area contributed by atoms with E-state index >= 15 is 0 Å². The summed E-state index contributed by atoms with van der Waals surface area (Å²) in [7, 11) is 3.07. The molecule has 0 aromatic heterocycles. The van der Waals surface area contributed by atoms with Gasteiger partial charge in [-0.3, -0.25) is 0 Å². The fourth-order valence-electron chi connectivity index (χ4n) is 1.39. The summed E-state index contributed by atoms with van der Waals surface area (Å²) in [5.74, 6) is -0.869. The Balaban J connectivity index is 2.92. The number of rotatable bonds is 4. The third kappa shape index (κ3) is 3.61. The van der Waals surface area contributed by atoms with Crippen LogP contribution in [0, 0.1) is 0 Å². The van der Waals surface area contributed by atoms with E-state index in [-0.39, 0.29) is 23.4 Å². The predicted octanol–water partition coefficient (Wildman–Crippen LogP) is 2.27. The van der Waals surface area contributed by atoms with Gasteiger partial charge in [0.05, 0.1) is 7.11 Å². The number of carbonyl (C=O) groups excluding carboxylic acids is 1. The van der Waals surface area contributed by atoms with Gasteiger partial charge in [-0.25, -0.2) is 9.59 Å². The quantitative estimate of drug-likeness (QED) is 0.876. The van der Waals surface area contributed by atoms with E-state index in [1.165, 1.54) is 30.2 Å². The van der Waals surface area contributed by atoms with Gasteiger partial charge in [-0.05, 0) is 26.0 Å². The van der Waals surface area contributed by atoms with E-state index in [0.29, 0.717) is 5.69 Å². The first kappa shape index (κ1) is 14.8. The first-order valence-electron chi connectivity index (χ1n) is 5.82. The van der Waals surface area contributed by atoms with E-state index in [2.05, 4.69) is 5.32 Å². The van der Waals surface area contributed by atoms with Crippen LogP contribution in [0.15, 0.2) is 18.2 Å². The molecule has 0 heterocycles. The molecule has 0 radical (unpaired) electrons. The zero-order chi connectivity index (χ0) is 14.6. The van der Waals surface area contributed by atoms with E-state index in [0.717, 1.165) is 0 Å². The van der Waals surface area contributed by atoms with Crippen molar-refractivity contribution in [3.8, 4) is 5.75 Å². The highest BCUT2D eigenvalue weighted by molar-refractivity contribution is 5.94. The highest BCUT2D eigenvalue weighted by Crippen LogP contribution is 2.23. The van der Waals surface area contributed by atoms with Crippen LogP contribution in [0.1, 0.15) is 24.2 Å². The standard InChI is InChI=1S/C13H18N2O4/c1-8(2)15(3)13(18)14-9-5-6-10(12(16)17)11(7-9)19-4/h5-8H,1-4H3,(H,14,18)(H,16,17). The van der Waals surface area contributed by atoms with Gasteiger partial charge >= 0.3 is 12.0 Å². The molecular formula is C13H18N2O4. The monoisotopic (exact) mass is 266 g/mol. The molecule has 19 heavy (non-hydrogen) atoms. The minimum atomic E-state index is -1.07. The average Bonchev–Trinajstić information content (AvgIpc) is 2.36. The number of carboxylic acid groups (broad SMARTS) is 1. The average molecular weight is 266 g/mol. The van der Waals surface area contributed by atoms with Crippen LogP contribution in [0.4, 0.5) is 10.5 Å². The van der Waals surface area contributed by atoms with E-state index in [9.17, 15) is 9.59 Å². The molecule has 0 atom stereocenters. The SMILES string of the molecule is COc1cc(NC(=O)N(C)C(C)C)ccc1C(=O)O. The van der Waals surface area contributed by atoms with Crippen LogP contribution >= 0.6 is 0 Å². The summed E-state index contributed by atoms with van der Waals surface area (Å²) in [6.45, 7) is 3.79. The molecule has 0 bridgehead atoms. The third-order valence-electron chi connectivity index (χ3n) is 2.78. The van der Waals surface area contributed by atoms with E-state index < -0.39 is 5.97 Å². The molecule has 0 saturated heterocycles. The number of benzene rings is 1. The molecule has 0 saturated carbocycles. The van der Waals surface area contributed by atoms with Crippen LogP contribution in [0.5, 0.6) is 5.75 Å². The van der Waals surface area contributed by atoms with Gasteiger partial charge in [0.2, 0.25) is 0 Å². The highest BCUT2D eigenvalue weighted by atomic mass is 16.5. The van der Waals surface area contributed by atoms with Crippen molar-refractivity contribution in [2.24, 2.45) is 0 Å². The molecule has 6 nitrogen and oxygen atoms in total. The Hall–Kier alpha value is -2.24. The summed E-state index contributed by atoms with van der Waals surface area (Å²) in [6, 6.07) is 4.21. The first-order valence-corrected chi connectivity index (χ1v) is 5.82. The molecule has 0 unspecified atom stereocenters. The van der Waals surface area contributed by atoms with Crippen molar-refractivity contribution in [1.82, 2.24) is 4.90 Å². The van der Waals surface area contributed by atoms with Gasteiger partial charge in [-0.15, -0.1) is 0 Å². The lowest BCUT2D eigenvalue weighted by atomic mass is 10.2. The van der Waals surface area contributed by atoms with E-state index in [4.69, 9.17) is 9.84 Å². The first-order chi connectivity index (χ1) is 8.86. The molecule has 104 valence electrons. The van der Waals surface area contributed by atoms with Crippen molar-refractivity contribution in [2.45, 2.75) is 19.9 Å². The maximum absolute atomic E-state index is 11.8. The molecule has 0 aliphatic carbocycles. The number of carboxylic acids is 1. The van der Waals surface area contributed by atoms with Gasteiger partial charge in [0.15, 0.2) is 0 Å². The molecule has 2 amide bonds. The predicted molar refractivity (Wildman–Crippen MR) is 71.9 cm³/mol. The van der Waals surface area contributed by atoms with Gasteiger partial charge in [0.1, 0.15) is 11.3 Å². The summed E-state index contributed by atoms with van der Waals surface area (Å²) >= 11 is 0. The Bertz CT molecular complexity index is 486. The zero-order valence-corrected chi connectivity index (χ0v) is 11.4. The maximum atomic E-state index is 11.8. The second kappa shape index (κ2) is 6.08. The number of anilines is 1. The number of hydrogen-bond donors (Lipinski definition) is 2. The number of ether oxygens (including phenoxy) is 1. The number of aromatic carboxylic acids is 1. The van der Waals surface area contributed by atoms with Crippen molar-refractivity contribution < 1.29 is 19.4 Å². The lowest BCUT2D eigenvalue weighted by molar-refractivity contribution is 0.0693. The molecule has 2 N–H and O–H groups in total. The van der Waals surface area contributed by atoms with Gasteiger partial charge in [-0.2, -0.15) is 0 Å². The molecular weight excluding hydrogens is 248 g/mol. The lowest BCUT2D eigenvalue weighted by Crippen LogP contribution is -2.36. The van der Waals surface area contributed by atoms with Crippen molar-refractivity contribution in [3.63, 3.8) is 0 Å². The molecule has 1 aromatic rings. The van der Waals surface area contributed by atoms with Crippen LogP contribution in [0.3, 0.4) is 0 Å². The topological polar surface area (TPSA) is 78.9 Å². The zero-order valence-electron chi connectivity index (χ0n) is 11.4. The lowest BCUT2D eigenvalue weighted by Gasteiger charge is -2.22. The van der Waals surface area contributed by atoms with Crippen molar-refractivity contribution in [1.29, 1.82) is 0 Å². The Morgan fingerprint density at radius 3 is 2.47 bits per heavy atom.